The zero-order valence-electron chi connectivity index (χ0n) is 46.6. The van der Waals surface area contributed by atoms with E-state index in [1.165, 1.54) is 38.0 Å². The van der Waals surface area contributed by atoms with Crippen LogP contribution in [0.1, 0.15) is 136 Å². The third-order valence-electron chi connectivity index (χ3n) is 17.1. The molecule has 1 saturated carbocycles. The Bertz CT molecular complexity index is 3460. The highest BCUT2D eigenvalue weighted by molar-refractivity contribution is 7.52. The quantitative estimate of drug-likeness (QED) is 0.0482. The van der Waals surface area contributed by atoms with E-state index in [1.807, 2.05) is 6.07 Å². The van der Waals surface area contributed by atoms with Gasteiger partial charge in [0.15, 0.2) is 0 Å². The average Bonchev–Trinajstić information content (AvgIpc) is 3.73. The van der Waals surface area contributed by atoms with Gasteiger partial charge in [0.2, 0.25) is 47.3 Å². The molecule has 6 heterocycles. The van der Waals surface area contributed by atoms with Crippen molar-refractivity contribution < 1.29 is 66.3 Å². The largest absolute Gasteiger partial charge is 0.399 e. The molecule has 2 aromatic heterocycles. The van der Waals surface area contributed by atoms with Crippen molar-refractivity contribution in [3.63, 3.8) is 0 Å². The highest BCUT2D eigenvalue weighted by Gasteiger charge is 2.51. The number of amides is 9. The molecule has 4 aromatic rings. The van der Waals surface area contributed by atoms with Gasteiger partial charge >= 0.3 is 18.9 Å². The number of hydrogen-bond acceptors (Lipinski definition) is 12. The van der Waals surface area contributed by atoms with Crippen LogP contribution in [0.15, 0.2) is 47.3 Å². The van der Waals surface area contributed by atoms with Crippen LogP contribution in [-0.2, 0) is 55.6 Å². The van der Waals surface area contributed by atoms with Gasteiger partial charge in [-0.25, -0.2) is 4.79 Å². The molecule has 84 heavy (non-hydrogen) atoms. The van der Waals surface area contributed by atoms with Crippen molar-refractivity contribution >= 4 is 93.2 Å². The first-order valence-electron chi connectivity index (χ1n) is 28.5. The Hall–Kier alpha value is -7.33. The van der Waals surface area contributed by atoms with Crippen molar-refractivity contribution in [2.45, 2.75) is 152 Å². The van der Waals surface area contributed by atoms with Crippen LogP contribution in [0.4, 0.5) is 8.78 Å². The number of fused-ring (bicyclic) bond motifs is 3. The maximum Gasteiger partial charge on any atom is 0.399 e. The molecule has 0 bridgehead atoms. The first-order valence-corrected chi connectivity index (χ1v) is 30.9. The number of para-hydroxylation sites is 1. The van der Waals surface area contributed by atoms with Gasteiger partial charge in [0.25, 0.3) is 5.91 Å². The van der Waals surface area contributed by atoms with Crippen LogP contribution in [0, 0.1) is 23.7 Å². The van der Waals surface area contributed by atoms with Crippen molar-refractivity contribution in [1.29, 1.82) is 0 Å². The number of hydrogen-bond donors (Lipinski definition) is 7. The maximum atomic E-state index is 14.7. The molecule has 27 heteroatoms. The molecule has 6 atom stereocenters. The Morgan fingerprint density at radius 1 is 0.905 bits per heavy atom. The van der Waals surface area contributed by atoms with Crippen molar-refractivity contribution in [2.75, 3.05) is 26.2 Å². The fourth-order valence-corrected chi connectivity index (χ4v) is 14.0. The Balaban J connectivity index is 0.851. The summed E-state index contributed by atoms with van der Waals surface area (Å²) in [6.07, 6.45) is 7.21. The van der Waals surface area contributed by atoms with Gasteiger partial charge in [0, 0.05) is 75.7 Å². The molecule has 9 rings (SSSR count). The first kappa shape index (κ1) is 61.2. The van der Waals surface area contributed by atoms with Gasteiger partial charge in [0.1, 0.15) is 30.2 Å². The van der Waals surface area contributed by atoms with E-state index in [0.717, 1.165) is 49.2 Å². The molecular formula is C57H69F2N10O13PS. The second kappa shape index (κ2) is 25.5. The average molecular weight is 1200 g/mol. The van der Waals surface area contributed by atoms with Crippen molar-refractivity contribution in [3.05, 3.63) is 69.0 Å². The van der Waals surface area contributed by atoms with E-state index in [9.17, 15) is 71.1 Å². The van der Waals surface area contributed by atoms with Gasteiger partial charge in [-0.1, -0.05) is 43.2 Å². The highest BCUT2D eigenvalue weighted by Crippen LogP contribution is 2.59. The molecule has 23 nitrogen and oxygen atoms in total. The normalized spacial score (nSPS) is 21.8. The van der Waals surface area contributed by atoms with Gasteiger partial charge in [0.05, 0.1) is 21.5 Å². The number of imidazole rings is 1. The summed E-state index contributed by atoms with van der Waals surface area (Å²) in [4.78, 5) is 158. The van der Waals surface area contributed by atoms with Crippen LogP contribution in [0.2, 0.25) is 0 Å². The Labute approximate surface area is 485 Å². The highest BCUT2D eigenvalue weighted by atomic mass is 32.1. The van der Waals surface area contributed by atoms with Gasteiger partial charge in [-0.2, -0.15) is 8.78 Å². The number of aromatic nitrogens is 2. The van der Waals surface area contributed by atoms with Crippen molar-refractivity contribution in [2.24, 2.45) is 24.6 Å². The number of piperidine rings is 2. The molecule has 2 aromatic carbocycles. The van der Waals surface area contributed by atoms with E-state index in [4.69, 9.17) is 5.73 Å². The zero-order chi connectivity index (χ0) is 60.4. The monoisotopic (exact) mass is 1200 g/mol. The van der Waals surface area contributed by atoms with Gasteiger partial charge in [-0.3, -0.25) is 62.2 Å². The third kappa shape index (κ3) is 13.1. The fraction of sp³-hybridized carbons (Fsp3) is 0.544. The number of primary amides is 1. The second-order valence-corrected chi connectivity index (χ2v) is 25.4. The predicted octanol–water partition coefficient (Wildman–Crippen LogP) is 3.36. The molecular weight excluding hydrogens is 1130 g/mol. The molecule has 0 radical (unpaired) electrons. The molecule has 5 aliphatic rings. The van der Waals surface area contributed by atoms with Crippen molar-refractivity contribution in [1.82, 2.24) is 45.1 Å². The summed E-state index contributed by atoms with van der Waals surface area (Å²) in [6, 6.07) is 3.19. The van der Waals surface area contributed by atoms with E-state index in [1.54, 1.807) is 24.1 Å². The SMILES string of the molecule is CC(=O)N1CC[C@H]2CC[C@@H](C(=O)N[C@@H](CCC(N)=O)C(=O)N[C@H](C(=O)N3CCC(CCC#Cc4cccc5c4n(C)c(=O)n5C4CCC(=O)NC4=O)CC3)C3CCCCC3)N2C(=O)[C@@H](NC(=O)c2cc3cc(C(F)(F)P(=O)(O)O)ccc3s2)C1. The van der Waals surface area contributed by atoms with Crippen LogP contribution >= 0.6 is 18.9 Å². The minimum Gasteiger partial charge on any atom is -0.370 e. The Kier molecular flexibility index (Phi) is 18.6. The van der Waals surface area contributed by atoms with E-state index < -0.39 is 90.5 Å². The molecule has 0 spiro atoms. The summed E-state index contributed by atoms with van der Waals surface area (Å²) in [7, 11) is -4.28. The Morgan fingerprint density at radius 2 is 1.63 bits per heavy atom. The summed E-state index contributed by atoms with van der Waals surface area (Å²) in [5.74, 6) is 1.27. The minimum absolute atomic E-state index is 0.0416. The summed E-state index contributed by atoms with van der Waals surface area (Å²) in [5.41, 5.74) is 1.46. The maximum absolute atomic E-state index is 14.7. The second-order valence-electron chi connectivity index (χ2n) is 22.6. The number of alkyl halides is 2. The number of carbonyl (C=O) groups excluding carboxylic acids is 9. The van der Waals surface area contributed by atoms with Gasteiger partial charge in [-0.05, 0) is 112 Å². The molecule has 9 amide bonds. The van der Waals surface area contributed by atoms with E-state index in [0.29, 0.717) is 72.9 Å². The fourth-order valence-electron chi connectivity index (χ4n) is 12.5. The number of nitrogens with two attached hydrogens (primary N) is 1. The number of imide groups is 1. The lowest BCUT2D eigenvalue weighted by Crippen LogP contribution is -2.62. The molecule has 5 fully saturated rings. The Morgan fingerprint density at radius 3 is 2.32 bits per heavy atom. The summed E-state index contributed by atoms with van der Waals surface area (Å²) in [5, 5.41) is 10.8. The number of rotatable bonds is 16. The molecule has 4 saturated heterocycles. The number of benzene rings is 2. The molecule has 1 unspecified atom stereocenters. The summed E-state index contributed by atoms with van der Waals surface area (Å²) >= 11 is 0.870. The molecule has 1 aliphatic carbocycles. The smallest absolute Gasteiger partial charge is 0.370 e. The topological polar surface area (TPSA) is 322 Å². The zero-order valence-corrected chi connectivity index (χ0v) is 48.3. The molecule has 450 valence electrons. The first-order chi connectivity index (χ1) is 39.9. The van der Waals surface area contributed by atoms with E-state index in [-0.39, 0.29) is 97.1 Å². The number of halogens is 2. The van der Waals surface area contributed by atoms with Crippen LogP contribution in [0.5, 0.6) is 0 Å². The van der Waals surface area contributed by atoms with E-state index >= 15 is 0 Å². The lowest BCUT2D eigenvalue weighted by molar-refractivity contribution is -0.145. The molecule has 8 N–H and O–H groups in total. The number of likely N-dealkylation sites (tertiary alicyclic amines) is 1. The number of nitrogens with zero attached hydrogens (tertiary/aromatic N) is 5. The van der Waals surface area contributed by atoms with Crippen LogP contribution < -0.4 is 32.7 Å². The molecule has 4 aliphatic heterocycles. The standard InChI is InChI=1S/C57H69F2N10O13PS/c1-32(70)67-28-25-38-16-18-42(68(38)54(77)40(31-67)62-53(76)45-30-36-29-37(15-20-44(36)84-45)57(58,59)83(80,81)82)51(74)61-39(17-21-46(60)71)50(73)64-48(34-10-4-3-5-11-34)55(78)66-26-23-33(24-27-66)9-6-7-12-35-13-8-14-41-49(35)65(2)56(79)69(41)43-19-22-47(72)63-52(43)75/h8,13-15,20,29-30,33-34,38-40,42-43,48H,3-6,9-11,16-19,21-28,31H2,1-2H3,(H2,60,71)(H,61,74)(H,62,76)(H,64,73)(H,63,72,75)(H2,80,81,82)/t38-,39+,40+,42+,43?,48+/m1/s1. The summed E-state index contributed by atoms with van der Waals surface area (Å²) < 4.78 is 44.0. The van der Waals surface area contributed by atoms with Crippen molar-refractivity contribution in [3.8, 4) is 11.8 Å². The lowest BCUT2D eigenvalue weighted by atomic mass is 9.82. The lowest BCUT2D eigenvalue weighted by Gasteiger charge is -2.39. The van der Waals surface area contributed by atoms with Crippen LogP contribution in [0.25, 0.3) is 21.1 Å². The number of nitrogens with one attached hydrogen (secondary N) is 4. The number of thiophene rings is 1. The summed E-state index contributed by atoms with van der Waals surface area (Å²) in [6.45, 7) is 2.04. The van der Waals surface area contributed by atoms with Crippen LogP contribution in [0.3, 0.4) is 0 Å². The minimum atomic E-state index is -5.90. The third-order valence-corrected chi connectivity index (χ3v) is 19.3. The van der Waals surface area contributed by atoms with Crippen LogP contribution in [-0.4, -0.2) is 143 Å². The van der Waals surface area contributed by atoms with E-state index in [2.05, 4.69) is 33.1 Å². The van der Waals surface area contributed by atoms with Gasteiger partial charge in [-0.15, -0.1) is 11.3 Å². The van der Waals surface area contributed by atoms with Gasteiger partial charge < -0.3 is 46.2 Å². The number of aryl methyl sites for hydroxylation is 1. The predicted molar refractivity (Wildman–Crippen MR) is 302 cm³/mol. The number of carbonyl (C=O) groups is 9.